The van der Waals surface area contributed by atoms with Gasteiger partial charge in [-0.1, -0.05) is 24.3 Å². The van der Waals surface area contributed by atoms with Crippen molar-refractivity contribution in [3.63, 3.8) is 0 Å². The van der Waals surface area contributed by atoms with Gasteiger partial charge in [0.2, 0.25) is 7.37 Å². The van der Waals surface area contributed by atoms with Crippen LogP contribution in [0.4, 0.5) is 0 Å². The van der Waals surface area contributed by atoms with Crippen LogP contribution in [0.1, 0.15) is 23.5 Å². The Morgan fingerprint density at radius 2 is 1.90 bits per heavy atom. The molecule has 20 heavy (non-hydrogen) atoms. The minimum atomic E-state index is -3.85. The second-order valence-electron chi connectivity index (χ2n) is 4.91. The van der Waals surface area contributed by atoms with Gasteiger partial charge < -0.3 is 15.1 Å². The molecule has 1 aromatic rings. The number of hydrogen-bond acceptors (Lipinski definition) is 3. The van der Waals surface area contributed by atoms with Crippen LogP contribution in [0.2, 0.25) is 0 Å². The standard InChI is InChI=1S/C13H15O6P/c14-11(15)5-6-20(18,19)10-7-8-3-1-2-4-9(8)12(10)13(16)17/h1-4,10,12H,5-7H2,(H,14,15)(H,16,17)(H,18,19). The Morgan fingerprint density at radius 3 is 2.50 bits per heavy atom. The molecule has 7 heteroatoms. The number of carbonyl (C=O) groups is 2. The fraction of sp³-hybridized carbons (Fsp3) is 0.385. The smallest absolute Gasteiger partial charge is 0.311 e. The van der Waals surface area contributed by atoms with Gasteiger partial charge in [-0.05, 0) is 17.5 Å². The third kappa shape index (κ3) is 2.76. The summed E-state index contributed by atoms with van der Waals surface area (Å²) < 4.78 is 12.3. The summed E-state index contributed by atoms with van der Waals surface area (Å²) in [4.78, 5) is 32.0. The maximum atomic E-state index is 12.3. The van der Waals surface area contributed by atoms with Gasteiger partial charge in [-0.2, -0.15) is 0 Å². The minimum Gasteiger partial charge on any atom is -0.481 e. The van der Waals surface area contributed by atoms with Crippen molar-refractivity contribution in [2.75, 3.05) is 6.16 Å². The molecule has 0 fully saturated rings. The molecule has 1 aliphatic carbocycles. The van der Waals surface area contributed by atoms with Gasteiger partial charge in [0.25, 0.3) is 0 Å². The third-order valence-corrected chi connectivity index (χ3v) is 6.02. The highest BCUT2D eigenvalue weighted by atomic mass is 31.2. The molecule has 0 saturated carbocycles. The molecule has 3 N–H and O–H groups in total. The topological polar surface area (TPSA) is 112 Å². The van der Waals surface area contributed by atoms with E-state index in [-0.39, 0.29) is 6.42 Å². The molecule has 1 aromatic carbocycles. The first-order valence-electron chi connectivity index (χ1n) is 6.17. The van der Waals surface area contributed by atoms with E-state index in [1.54, 1.807) is 24.3 Å². The molecule has 3 unspecified atom stereocenters. The summed E-state index contributed by atoms with van der Waals surface area (Å²) in [7, 11) is -3.85. The van der Waals surface area contributed by atoms with Crippen molar-refractivity contribution >= 4 is 19.3 Å². The van der Waals surface area contributed by atoms with Crippen molar-refractivity contribution in [3.05, 3.63) is 35.4 Å². The summed E-state index contributed by atoms with van der Waals surface area (Å²) in [5, 5.41) is 17.9. The van der Waals surface area contributed by atoms with Crippen molar-refractivity contribution in [1.29, 1.82) is 0 Å². The monoisotopic (exact) mass is 298 g/mol. The molecule has 1 aliphatic rings. The highest BCUT2D eigenvalue weighted by Gasteiger charge is 2.46. The van der Waals surface area contributed by atoms with Crippen LogP contribution in [0.25, 0.3) is 0 Å². The largest absolute Gasteiger partial charge is 0.481 e. The molecule has 0 aromatic heterocycles. The van der Waals surface area contributed by atoms with Crippen LogP contribution >= 0.6 is 7.37 Å². The summed E-state index contributed by atoms with van der Waals surface area (Å²) in [6.07, 6.45) is -0.641. The highest BCUT2D eigenvalue weighted by Crippen LogP contribution is 2.57. The fourth-order valence-electron chi connectivity index (χ4n) is 2.67. The van der Waals surface area contributed by atoms with Gasteiger partial charge >= 0.3 is 11.9 Å². The van der Waals surface area contributed by atoms with Crippen LogP contribution in [-0.4, -0.2) is 38.9 Å². The minimum absolute atomic E-state index is 0.195. The molecule has 3 atom stereocenters. The first kappa shape index (κ1) is 14.8. The van der Waals surface area contributed by atoms with Crippen molar-refractivity contribution in [2.24, 2.45) is 0 Å². The number of rotatable bonds is 5. The van der Waals surface area contributed by atoms with Crippen LogP contribution in [0.3, 0.4) is 0 Å². The summed E-state index contributed by atoms with van der Waals surface area (Å²) in [6.45, 7) is 0. The Labute approximate surface area is 115 Å². The normalized spacial score (nSPS) is 23.9. The van der Waals surface area contributed by atoms with E-state index in [9.17, 15) is 24.2 Å². The summed E-state index contributed by atoms with van der Waals surface area (Å²) in [5.74, 6) is -3.36. The lowest BCUT2D eigenvalue weighted by Crippen LogP contribution is -2.24. The van der Waals surface area contributed by atoms with Crippen molar-refractivity contribution in [1.82, 2.24) is 0 Å². The molecule has 2 rings (SSSR count). The molecule has 0 bridgehead atoms. The number of benzene rings is 1. The fourth-order valence-corrected chi connectivity index (χ4v) is 4.75. The van der Waals surface area contributed by atoms with Crippen molar-refractivity contribution < 1.29 is 29.3 Å². The van der Waals surface area contributed by atoms with Gasteiger partial charge in [-0.25, -0.2) is 0 Å². The van der Waals surface area contributed by atoms with Crippen LogP contribution in [0, 0.1) is 0 Å². The zero-order valence-electron chi connectivity index (χ0n) is 10.6. The Kier molecular flexibility index (Phi) is 3.97. The Balaban J connectivity index is 2.31. The summed E-state index contributed by atoms with van der Waals surface area (Å²) in [5.41, 5.74) is 0.348. The van der Waals surface area contributed by atoms with E-state index in [4.69, 9.17) is 5.11 Å². The lowest BCUT2D eigenvalue weighted by molar-refractivity contribution is -0.138. The van der Waals surface area contributed by atoms with Crippen LogP contribution < -0.4 is 0 Å². The lowest BCUT2D eigenvalue weighted by atomic mass is 10.0. The molecule has 6 nitrogen and oxygen atoms in total. The summed E-state index contributed by atoms with van der Waals surface area (Å²) in [6, 6.07) is 6.82. The molecule has 0 saturated heterocycles. The highest BCUT2D eigenvalue weighted by molar-refractivity contribution is 7.58. The molecule has 108 valence electrons. The SMILES string of the molecule is O=C(O)CCP(=O)(O)C1Cc2ccccc2C1C(=O)O. The van der Waals surface area contributed by atoms with Crippen LogP contribution in [0.15, 0.2) is 24.3 Å². The molecule has 0 amide bonds. The maximum absolute atomic E-state index is 12.3. The van der Waals surface area contributed by atoms with Gasteiger partial charge in [0, 0.05) is 6.16 Å². The molecule has 0 spiro atoms. The van der Waals surface area contributed by atoms with Gasteiger partial charge in [-0.15, -0.1) is 0 Å². The predicted molar refractivity (Wildman–Crippen MR) is 71.3 cm³/mol. The molecule has 0 radical (unpaired) electrons. The average molecular weight is 298 g/mol. The number of fused-ring (bicyclic) bond motifs is 1. The van der Waals surface area contributed by atoms with E-state index in [1.807, 2.05) is 0 Å². The maximum Gasteiger partial charge on any atom is 0.311 e. The van der Waals surface area contributed by atoms with Crippen LogP contribution in [0.5, 0.6) is 0 Å². The summed E-state index contributed by atoms with van der Waals surface area (Å²) >= 11 is 0. The first-order valence-corrected chi connectivity index (χ1v) is 8.08. The van der Waals surface area contributed by atoms with E-state index >= 15 is 0 Å². The van der Waals surface area contributed by atoms with Gasteiger partial charge in [0.05, 0.1) is 18.0 Å². The van der Waals surface area contributed by atoms with E-state index in [2.05, 4.69) is 0 Å². The number of aliphatic carboxylic acids is 2. The van der Waals surface area contributed by atoms with Crippen LogP contribution in [-0.2, 0) is 20.6 Å². The van der Waals surface area contributed by atoms with E-state index in [1.165, 1.54) is 0 Å². The second kappa shape index (κ2) is 5.38. The quantitative estimate of drug-likeness (QED) is 0.711. The number of hydrogen-bond donors (Lipinski definition) is 3. The van der Waals surface area contributed by atoms with Gasteiger partial charge in [0.1, 0.15) is 0 Å². The molecular weight excluding hydrogens is 283 g/mol. The Bertz CT molecular complexity index is 596. The van der Waals surface area contributed by atoms with E-state index in [0.717, 1.165) is 5.56 Å². The zero-order valence-corrected chi connectivity index (χ0v) is 11.5. The van der Waals surface area contributed by atoms with E-state index in [0.29, 0.717) is 5.56 Å². The predicted octanol–water partition coefficient (Wildman–Crippen LogP) is 1.52. The number of carboxylic acid groups (broad SMARTS) is 2. The lowest BCUT2D eigenvalue weighted by Gasteiger charge is -2.22. The first-order chi connectivity index (χ1) is 9.33. The third-order valence-electron chi connectivity index (χ3n) is 3.63. The molecule has 0 heterocycles. The zero-order chi connectivity index (χ0) is 14.9. The Hall–Kier alpha value is -1.65. The average Bonchev–Trinajstić information content (AvgIpc) is 2.76. The van der Waals surface area contributed by atoms with Gasteiger partial charge in [0.15, 0.2) is 0 Å². The van der Waals surface area contributed by atoms with Gasteiger partial charge in [-0.3, -0.25) is 14.2 Å². The molecular formula is C13H15O6P. The second-order valence-corrected chi connectivity index (χ2v) is 7.53. The number of carboxylic acids is 2. The Morgan fingerprint density at radius 1 is 1.25 bits per heavy atom. The molecule has 0 aliphatic heterocycles. The van der Waals surface area contributed by atoms with Crippen molar-refractivity contribution in [3.8, 4) is 0 Å². The van der Waals surface area contributed by atoms with Crippen molar-refractivity contribution in [2.45, 2.75) is 24.4 Å². The van der Waals surface area contributed by atoms with E-state index < -0.39 is 43.5 Å².